The molecule has 1 aromatic carbocycles. The first-order chi connectivity index (χ1) is 8.45. The second kappa shape index (κ2) is 4.58. The van der Waals surface area contributed by atoms with Crippen LogP contribution in [0, 0.1) is 6.92 Å². The number of para-hydroxylation sites is 1. The van der Waals surface area contributed by atoms with Gasteiger partial charge in [-0.3, -0.25) is 0 Å². The Bertz CT molecular complexity index is 561. The summed E-state index contributed by atoms with van der Waals surface area (Å²) in [6.45, 7) is 6.95. The number of aromatic nitrogens is 1. The maximum Gasteiger partial charge on any atom is 0.132 e. The van der Waals surface area contributed by atoms with Crippen LogP contribution < -0.4 is 10.6 Å². The van der Waals surface area contributed by atoms with E-state index in [2.05, 4.69) is 44.9 Å². The van der Waals surface area contributed by atoms with Crippen LogP contribution in [0.15, 0.2) is 30.3 Å². The summed E-state index contributed by atoms with van der Waals surface area (Å²) in [7, 11) is 2.05. The first kappa shape index (κ1) is 12.8. The number of nitrogens with two attached hydrogens (primary N) is 1. The van der Waals surface area contributed by atoms with Crippen LogP contribution in [-0.2, 0) is 0 Å². The zero-order chi connectivity index (χ0) is 13.3. The molecule has 0 amide bonds. The van der Waals surface area contributed by atoms with Crippen molar-refractivity contribution >= 4 is 16.7 Å². The third kappa shape index (κ3) is 2.18. The molecule has 0 unspecified atom stereocenters. The van der Waals surface area contributed by atoms with Crippen molar-refractivity contribution in [2.45, 2.75) is 26.3 Å². The van der Waals surface area contributed by atoms with Crippen molar-refractivity contribution in [1.82, 2.24) is 4.98 Å². The van der Waals surface area contributed by atoms with Crippen LogP contribution in [-0.4, -0.2) is 24.1 Å². The predicted molar refractivity (Wildman–Crippen MR) is 78.0 cm³/mol. The van der Waals surface area contributed by atoms with Gasteiger partial charge in [0.1, 0.15) is 5.82 Å². The number of pyridine rings is 1. The summed E-state index contributed by atoms with van der Waals surface area (Å²) < 4.78 is 0. The third-order valence-corrected chi connectivity index (χ3v) is 3.61. The highest BCUT2D eigenvalue weighted by atomic mass is 15.2. The Morgan fingerprint density at radius 3 is 2.61 bits per heavy atom. The fraction of sp³-hybridized carbons (Fsp3) is 0.400. The molecule has 0 atom stereocenters. The van der Waals surface area contributed by atoms with Crippen molar-refractivity contribution in [3.8, 4) is 0 Å². The van der Waals surface area contributed by atoms with Crippen molar-refractivity contribution in [3.63, 3.8) is 0 Å². The molecule has 3 heteroatoms. The summed E-state index contributed by atoms with van der Waals surface area (Å²) in [5.74, 6) is 1.00. The largest absolute Gasteiger partial charge is 0.353 e. The van der Waals surface area contributed by atoms with Crippen molar-refractivity contribution in [3.05, 3.63) is 35.9 Å². The Labute approximate surface area is 109 Å². The highest BCUT2D eigenvalue weighted by molar-refractivity contribution is 5.81. The van der Waals surface area contributed by atoms with Gasteiger partial charge in [-0.05, 0) is 38.5 Å². The van der Waals surface area contributed by atoms with Crippen LogP contribution in [0.1, 0.15) is 19.4 Å². The molecule has 3 nitrogen and oxygen atoms in total. The molecule has 0 saturated heterocycles. The van der Waals surface area contributed by atoms with Crippen LogP contribution in [0.2, 0.25) is 0 Å². The number of fused-ring (bicyclic) bond motifs is 1. The van der Waals surface area contributed by atoms with Gasteiger partial charge in [-0.1, -0.05) is 18.2 Å². The molecular formula is C15H21N3. The van der Waals surface area contributed by atoms with E-state index in [0.29, 0.717) is 6.54 Å². The number of likely N-dealkylation sites (N-methyl/N-ethyl adjacent to an activating group) is 1. The van der Waals surface area contributed by atoms with E-state index in [1.54, 1.807) is 0 Å². The maximum absolute atomic E-state index is 5.84. The Morgan fingerprint density at radius 1 is 1.28 bits per heavy atom. The first-order valence-corrected chi connectivity index (χ1v) is 6.26. The topological polar surface area (TPSA) is 42.2 Å². The lowest BCUT2D eigenvalue weighted by Gasteiger charge is -2.36. The van der Waals surface area contributed by atoms with Crippen molar-refractivity contribution in [1.29, 1.82) is 0 Å². The molecule has 1 heterocycles. The van der Waals surface area contributed by atoms with Crippen LogP contribution >= 0.6 is 0 Å². The molecule has 2 rings (SSSR count). The van der Waals surface area contributed by atoms with Crippen molar-refractivity contribution < 1.29 is 0 Å². The van der Waals surface area contributed by atoms with Crippen LogP contribution in [0.4, 0.5) is 5.82 Å². The molecule has 96 valence electrons. The highest BCUT2D eigenvalue weighted by Crippen LogP contribution is 2.26. The summed E-state index contributed by atoms with van der Waals surface area (Å²) >= 11 is 0. The Kier molecular flexibility index (Phi) is 3.26. The number of hydrogen-bond acceptors (Lipinski definition) is 3. The Hall–Kier alpha value is -1.61. The van der Waals surface area contributed by atoms with Gasteiger partial charge in [-0.2, -0.15) is 0 Å². The number of anilines is 1. The molecule has 0 aliphatic rings. The van der Waals surface area contributed by atoms with Crippen LogP contribution in [0.3, 0.4) is 0 Å². The van der Waals surface area contributed by atoms with Gasteiger partial charge in [0.15, 0.2) is 0 Å². The minimum Gasteiger partial charge on any atom is -0.353 e. The molecule has 1 aromatic heterocycles. The molecule has 0 spiro atoms. The van der Waals surface area contributed by atoms with E-state index in [0.717, 1.165) is 11.3 Å². The third-order valence-electron chi connectivity index (χ3n) is 3.61. The van der Waals surface area contributed by atoms with E-state index >= 15 is 0 Å². The number of aryl methyl sites for hydroxylation is 1. The maximum atomic E-state index is 5.84. The zero-order valence-electron chi connectivity index (χ0n) is 11.6. The van der Waals surface area contributed by atoms with Crippen molar-refractivity contribution in [2.24, 2.45) is 5.73 Å². The predicted octanol–water partition coefficient (Wildman–Crippen LogP) is 2.72. The monoisotopic (exact) mass is 243 g/mol. The highest BCUT2D eigenvalue weighted by Gasteiger charge is 2.24. The summed E-state index contributed by atoms with van der Waals surface area (Å²) in [6, 6.07) is 10.4. The number of nitrogens with zero attached hydrogens (tertiary/aromatic N) is 2. The van der Waals surface area contributed by atoms with E-state index in [9.17, 15) is 0 Å². The molecule has 0 aliphatic carbocycles. The molecule has 0 radical (unpaired) electrons. The second-order valence-corrected chi connectivity index (χ2v) is 5.40. The number of benzene rings is 1. The minimum absolute atomic E-state index is 0.0970. The molecule has 0 fully saturated rings. The molecule has 2 aromatic rings. The Balaban J connectivity index is 2.54. The average Bonchev–Trinajstić information content (AvgIpc) is 2.37. The van der Waals surface area contributed by atoms with Gasteiger partial charge < -0.3 is 10.6 Å². The normalized spacial score (nSPS) is 11.8. The van der Waals surface area contributed by atoms with Crippen LogP contribution in [0.5, 0.6) is 0 Å². The van der Waals surface area contributed by atoms with Gasteiger partial charge in [0.2, 0.25) is 0 Å². The average molecular weight is 243 g/mol. The van der Waals surface area contributed by atoms with Gasteiger partial charge in [-0.25, -0.2) is 4.98 Å². The molecule has 0 saturated carbocycles. The van der Waals surface area contributed by atoms with E-state index in [4.69, 9.17) is 10.7 Å². The lowest BCUT2D eigenvalue weighted by atomic mass is 10.0. The summed E-state index contributed by atoms with van der Waals surface area (Å²) in [6.07, 6.45) is 0. The van der Waals surface area contributed by atoms with E-state index in [1.807, 2.05) is 18.2 Å². The lowest BCUT2D eigenvalue weighted by Crippen LogP contribution is -2.47. The molecule has 0 bridgehead atoms. The lowest BCUT2D eigenvalue weighted by molar-refractivity contribution is 0.494. The SMILES string of the molecule is Cc1cc2ccccc2nc1N(C)C(C)(C)CN. The molecule has 18 heavy (non-hydrogen) atoms. The fourth-order valence-corrected chi connectivity index (χ4v) is 1.97. The molecule has 2 N–H and O–H groups in total. The van der Waals surface area contributed by atoms with E-state index in [1.165, 1.54) is 10.9 Å². The first-order valence-electron chi connectivity index (χ1n) is 6.26. The minimum atomic E-state index is -0.0970. The van der Waals surface area contributed by atoms with Gasteiger partial charge in [0, 0.05) is 24.5 Å². The smallest absolute Gasteiger partial charge is 0.132 e. The van der Waals surface area contributed by atoms with Gasteiger partial charge >= 0.3 is 0 Å². The van der Waals surface area contributed by atoms with E-state index in [-0.39, 0.29) is 5.54 Å². The summed E-state index contributed by atoms with van der Waals surface area (Å²) in [5, 5.41) is 1.18. The van der Waals surface area contributed by atoms with Gasteiger partial charge in [0.25, 0.3) is 0 Å². The summed E-state index contributed by atoms with van der Waals surface area (Å²) in [5.41, 5.74) is 7.94. The molecular weight excluding hydrogens is 222 g/mol. The van der Waals surface area contributed by atoms with Crippen molar-refractivity contribution in [2.75, 3.05) is 18.5 Å². The molecule has 0 aliphatic heterocycles. The fourth-order valence-electron chi connectivity index (χ4n) is 1.97. The standard InChI is InChI=1S/C15H21N3/c1-11-9-12-7-5-6-8-13(12)17-14(11)18(4)15(2,3)10-16/h5-9H,10,16H2,1-4H3. The van der Waals surface area contributed by atoms with Gasteiger partial charge in [-0.15, -0.1) is 0 Å². The van der Waals surface area contributed by atoms with Crippen LogP contribution in [0.25, 0.3) is 10.9 Å². The Morgan fingerprint density at radius 2 is 1.94 bits per heavy atom. The quantitative estimate of drug-likeness (QED) is 0.901. The zero-order valence-corrected chi connectivity index (χ0v) is 11.6. The van der Waals surface area contributed by atoms with Gasteiger partial charge in [0.05, 0.1) is 5.52 Å². The van der Waals surface area contributed by atoms with E-state index < -0.39 is 0 Å². The number of rotatable bonds is 3. The number of hydrogen-bond donors (Lipinski definition) is 1. The summed E-state index contributed by atoms with van der Waals surface area (Å²) in [4.78, 5) is 6.92. The second-order valence-electron chi connectivity index (χ2n) is 5.40.